The van der Waals surface area contributed by atoms with E-state index < -0.39 is 0 Å². The maximum absolute atomic E-state index is 4.68. The summed E-state index contributed by atoms with van der Waals surface area (Å²) in [5.74, 6) is 1.21. The summed E-state index contributed by atoms with van der Waals surface area (Å²) in [5, 5.41) is 8.09. The van der Waals surface area contributed by atoms with Gasteiger partial charge in [0.1, 0.15) is 11.5 Å². The molecule has 0 aromatic carbocycles. The number of thiophene rings is 1. The second kappa shape index (κ2) is 3.89. The van der Waals surface area contributed by atoms with E-state index in [4.69, 9.17) is 0 Å². The number of halogens is 1. The molecule has 0 spiro atoms. The fourth-order valence-corrected chi connectivity index (χ4v) is 3.51. The molecule has 0 amide bonds. The quantitative estimate of drug-likeness (QED) is 0.921. The summed E-state index contributed by atoms with van der Waals surface area (Å²) in [5.41, 5.74) is 2.52. The molecule has 0 fully saturated rings. The lowest BCUT2D eigenvalue weighted by Gasteiger charge is -2.00. The Hall–Kier alpha value is -0.810. The molecule has 3 heterocycles. The van der Waals surface area contributed by atoms with Crippen molar-refractivity contribution in [3.05, 3.63) is 21.5 Å². The van der Waals surface area contributed by atoms with Crippen molar-refractivity contribution in [1.82, 2.24) is 9.78 Å². The van der Waals surface area contributed by atoms with Gasteiger partial charge in [-0.15, -0.1) is 11.3 Å². The molecule has 0 saturated carbocycles. The Balaban J connectivity index is 2.14. The summed E-state index contributed by atoms with van der Waals surface area (Å²) < 4.78 is 3.22. The van der Waals surface area contributed by atoms with Gasteiger partial charge in [-0.05, 0) is 41.4 Å². The summed E-state index contributed by atoms with van der Waals surface area (Å²) in [6.07, 6.45) is 1.08. The molecule has 2 aromatic heterocycles. The van der Waals surface area contributed by atoms with Crippen molar-refractivity contribution >= 4 is 33.1 Å². The van der Waals surface area contributed by atoms with Crippen molar-refractivity contribution < 1.29 is 0 Å². The highest BCUT2D eigenvalue weighted by Crippen LogP contribution is 2.37. The number of fused-ring (bicyclic) bond motifs is 1. The second-order valence-electron chi connectivity index (χ2n) is 3.77. The molecule has 84 valence electrons. The van der Waals surface area contributed by atoms with Crippen LogP contribution in [0.4, 0.5) is 5.82 Å². The zero-order valence-corrected chi connectivity index (χ0v) is 11.4. The second-order valence-corrected chi connectivity index (χ2v) is 6.24. The van der Waals surface area contributed by atoms with Crippen LogP contribution in [0.25, 0.3) is 10.6 Å². The molecule has 1 aliphatic heterocycles. The van der Waals surface area contributed by atoms with Crippen LogP contribution in [0.15, 0.2) is 15.9 Å². The number of hydrogen-bond acceptors (Lipinski definition) is 3. The van der Waals surface area contributed by atoms with Crippen LogP contribution >= 0.6 is 27.3 Å². The summed E-state index contributed by atoms with van der Waals surface area (Å²) >= 11 is 5.25. The highest BCUT2D eigenvalue weighted by Gasteiger charge is 2.22. The fourth-order valence-electron chi connectivity index (χ4n) is 2.11. The molecule has 2 aromatic rings. The standard InChI is InChI=1S/C11H12BrN3S/c1-2-15-11-7(5-6-13-11)10(14-15)8-3-4-9(12)16-8/h3-4,13H,2,5-6H2,1H3. The van der Waals surface area contributed by atoms with Crippen LogP contribution < -0.4 is 5.32 Å². The lowest BCUT2D eigenvalue weighted by atomic mass is 10.2. The maximum Gasteiger partial charge on any atom is 0.128 e. The van der Waals surface area contributed by atoms with Crippen LogP contribution in [0.1, 0.15) is 12.5 Å². The van der Waals surface area contributed by atoms with E-state index in [0.29, 0.717) is 0 Å². The summed E-state index contributed by atoms with van der Waals surface area (Å²) in [7, 11) is 0. The SMILES string of the molecule is CCn1nc(-c2ccc(Br)s2)c2c1NCC2. The van der Waals surface area contributed by atoms with Gasteiger partial charge in [-0.25, -0.2) is 4.68 Å². The van der Waals surface area contributed by atoms with Crippen molar-refractivity contribution in [1.29, 1.82) is 0 Å². The Morgan fingerprint density at radius 2 is 2.44 bits per heavy atom. The smallest absolute Gasteiger partial charge is 0.128 e. The van der Waals surface area contributed by atoms with Gasteiger partial charge in [0, 0.05) is 18.7 Å². The molecule has 1 aliphatic rings. The van der Waals surface area contributed by atoms with Crippen LogP contribution in [0.3, 0.4) is 0 Å². The van der Waals surface area contributed by atoms with Crippen LogP contribution in [0.5, 0.6) is 0 Å². The molecule has 3 rings (SSSR count). The van der Waals surface area contributed by atoms with E-state index in [-0.39, 0.29) is 0 Å². The largest absolute Gasteiger partial charge is 0.370 e. The number of anilines is 1. The molecule has 5 heteroatoms. The van der Waals surface area contributed by atoms with Gasteiger partial charge < -0.3 is 5.32 Å². The van der Waals surface area contributed by atoms with E-state index in [1.165, 1.54) is 16.3 Å². The van der Waals surface area contributed by atoms with Crippen molar-refractivity contribution in [3.63, 3.8) is 0 Å². The normalized spacial score (nSPS) is 13.9. The minimum absolute atomic E-state index is 0.919. The average Bonchev–Trinajstić information content (AvgIpc) is 2.92. The predicted molar refractivity (Wildman–Crippen MR) is 71.1 cm³/mol. The molecular formula is C11H12BrN3S. The molecule has 0 aliphatic carbocycles. The first-order valence-corrected chi connectivity index (χ1v) is 7.00. The number of aryl methyl sites for hydroxylation is 1. The first-order valence-electron chi connectivity index (χ1n) is 5.39. The Labute approximate surface area is 107 Å². The summed E-state index contributed by atoms with van der Waals surface area (Å²) in [6, 6.07) is 4.22. The van der Waals surface area contributed by atoms with Gasteiger partial charge in [0.25, 0.3) is 0 Å². The molecule has 0 radical (unpaired) electrons. The Bertz CT molecular complexity index is 529. The molecule has 0 atom stereocenters. The van der Waals surface area contributed by atoms with E-state index in [9.17, 15) is 0 Å². The lowest BCUT2D eigenvalue weighted by Crippen LogP contribution is -2.04. The highest BCUT2D eigenvalue weighted by atomic mass is 79.9. The lowest BCUT2D eigenvalue weighted by molar-refractivity contribution is 0.669. The Kier molecular flexibility index (Phi) is 2.52. The number of rotatable bonds is 2. The molecule has 0 unspecified atom stereocenters. The van der Waals surface area contributed by atoms with Crippen molar-refractivity contribution in [3.8, 4) is 10.6 Å². The van der Waals surface area contributed by atoms with Crippen LogP contribution in [-0.2, 0) is 13.0 Å². The van der Waals surface area contributed by atoms with Crippen LogP contribution in [0, 0.1) is 0 Å². The van der Waals surface area contributed by atoms with Gasteiger partial charge in [0.2, 0.25) is 0 Å². The van der Waals surface area contributed by atoms with E-state index in [0.717, 1.165) is 29.0 Å². The molecule has 1 N–H and O–H groups in total. The van der Waals surface area contributed by atoms with Crippen LogP contribution in [-0.4, -0.2) is 16.3 Å². The molecule has 16 heavy (non-hydrogen) atoms. The summed E-state index contributed by atoms with van der Waals surface area (Å²) in [4.78, 5) is 1.25. The van der Waals surface area contributed by atoms with Gasteiger partial charge in [-0.2, -0.15) is 5.10 Å². The predicted octanol–water partition coefficient (Wildman–Crippen LogP) is 3.36. The maximum atomic E-state index is 4.68. The van der Waals surface area contributed by atoms with Crippen molar-refractivity contribution in [2.24, 2.45) is 0 Å². The van der Waals surface area contributed by atoms with Gasteiger partial charge in [0.15, 0.2) is 0 Å². The van der Waals surface area contributed by atoms with E-state index in [2.05, 4.69) is 50.1 Å². The third kappa shape index (κ3) is 1.50. The minimum atomic E-state index is 0.919. The number of aromatic nitrogens is 2. The molecule has 3 nitrogen and oxygen atoms in total. The Morgan fingerprint density at radius 1 is 1.56 bits per heavy atom. The van der Waals surface area contributed by atoms with Crippen molar-refractivity contribution in [2.45, 2.75) is 19.9 Å². The zero-order chi connectivity index (χ0) is 11.1. The van der Waals surface area contributed by atoms with Gasteiger partial charge in [0.05, 0.1) is 8.66 Å². The van der Waals surface area contributed by atoms with Gasteiger partial charge in [-0.1, -0.05) is 0 Å². The molecular weight excluding hydrogens is 286 g/mol. The fraction of sp³-hybridized carbons (Fsp3) is 0.364. The highest BCUT2D eigenvalue weighted by molar-refractivity contribution is 9.11. The minimum Gasteiger partial charge on any atom is -0.370 e. The average molecular weight is 298 g/mol. The zero-order valence-electron chi connectivity index (χ0n) is 8.96. The first kappa shape index (κ1) is 10.4. The molecule has 0 saturated heterocycles. The number of nitrogens with zero attached hydrogens (tertiary/aromatic N) is 2. The van der Waals surface area contributed by atoms with Crippen molar-refractivity contribution in [2.75, 3.05) is 11.9 Å². The van der Waals surface area contributed by atoms with E-state index in [1.807, 2.05) is 0 Å². The van der Waals surface area contributed by atoms with Crippen LogP contribution in [0.2, 0.25) is 0 Å². The van der Waals surface area contributed by atoms with E-state index >= 15 is 0 Å². The first-order chi connectivity index (χ1) is 7.79. The molecule has 0 bridgehead atoms. The van der Waals surface area contributed by atoms with E-state index in [1.54, 1.807) is 11.3 Å². The topological polar surface area (TPSA) is 29.9 Å². The summed E-state index contributed by atoms with van der Waals surface area (Å²) in [6.45, 7) is 4.08. The Morgan fingerprint density at radius 3 is 3.12 bits per heavy atom. The third-order valence-corrected chi connectivity index (χ3v) is 4.45. The number of nitrogens with one attached hydrogen (secondary N) is 1. The number of hydrogen-bond donors (Lipinski definition) is 1. The monoisotopic (exact) mass is 297 g/mol. The van der Waals surface area contributed by atoms with Gasteiger partial charge >= 0.3 is 0 Å². The van der Waals surface area contributed by atoms with Gasteiger partial charge in [-0.3, -0.25) is 0 Å². The third-order valence-electron chi connectivity index (χ3n) is 2.82.